The Balaban J connectivity index is 2.35. The molecule has 0 aromatic rings. The summed E-state index contributed by atoms with van der Waals surface area (Å²) in [6, 6.07) is 0. The molecule has 13 heavy (non-hydrogen) atoms. The van der Waals surface area contributed by atoms with Gasteiger partial charge in [-0.1, -0.05) is 20.8 Å². The highest BCUT2D eigenvalue weighted by Crippen LogP contribution is 2.15. The quantitative estimate of drug-likeness (QED) is 0.641. The largest absolute Gasteiger partial charge is 0.379 e. The van der Waals surface area contributed by atoms with Crippen molar-refractivity contribution >= 4 is 5.78 Å². The van der Waals surface area contributed by atoms with E-state index in [1.807, 2.05) is 20.8 Å². The molecule has 1 aliphatic heterocycles. The molecule has 0 atom stereocenters. The molecule has 1 heterocycles. The van der Waals surface area contributed by atoms with Crippen molar-refractivity contribution in [3.63, 3.8) is 0 Å². The van der Waals surface area contributed by atoms with Gasteiger partial charge in [-0.05, 0) is 0 Å². The summed E-state index contributed by atoms with van der Waals surface area (Å²) < 4.78 is 5.21. The van der Waals surface area contributed by atoms with Gasteiger partial charge in [-0.2, -0.15) is 0 Å². The molecule has 0 N–H and O–H groups in total. The van der Waals surface area contributed by atoms with E-state index in [1.165, 1.54) is 0 Å². The molecule has 1 aliphatic rings. The molecule has 0 aromatic carbocycles. The predicted octanol–water partition coefficient (Wildman–Crippen LogP) is 0.934. The minimum absolute atomic E-state index is 0.210. The first-order chi connectivity index (χ1) is 6.00. The zero-order valence-corrected chi connectivity index (χ0v) is 8.80. The number of Topliss-reactive ketones (excluding diaryl/α,β-unsaturated/α-hetero) is 1. The van der Waals surface area contributed by atoms with E-state index in [0.717, 1.165) is 26.3 Å². The third kappa shape index (κ3) is 3.44. The summed E-state index contributed by atoms with van der Waals surface area (Å²) in [5.41, 5.74) is -0.210. The van der Waals surface area contributed by atoms with Crippen LogP contribution in [0.4, 0.5) is 0 Å². The zero-order valence-electron chi connectivity index (χ0n) is 8.80. The molecule has 0 radical (unpaired) electrons. The van der Waals surface area contributed by atoms with Gasteiger partial charge in [0.25, 0.3) is 0 Å². The smallest absolute Gasteiger partial charge is 0.152 e. The summed E-state index contributed by atoms with van der Waals surface area (Å²) in [6.07, 6.45) is 0. The lowest BCUT2D eigenvalue weighted by Gasteiger charge is -2.28. The highest BCUT2D eigenvalue weighted by atomic mass is 16.5. The number of hydrogen-bond acceptors (Lipinski definition) is 3. The van der Waals surface area contributed by atoms with E-state index in [0.29, 0.717) is 12.3 Å². The van der Waals surface area contributed by atoms with Gasteiger partial charge in [0.05, 0.1) is 19.8 Å². The van der Waals surface area contributed by atoms with Gasteiger partial charge in [0.2, 0.25) is 0 Å². The molecule has 0 amide bonds. The molecular weight excluding hydrogens is 166 g/mol. The lowest BCUT2D eigenvalue weighted by atomic mass is 9.90. The molecule has 3 heteroatoms. The zero-order chi connectivity index (χ0) is 9.90. The average molecular weight is 185 g/mol. The Morgan fingerprint density at radius 2 is 1.85 bits per heavy atom. The van der Waals surface area contributed by atoms with Gasteiger partial charge in [0, 0.05) is 18.5 Å². The number of nitrogens with zero attached hydrogens (tertiary/aromatic N) is 1. The van der Waals surface area contributed by atoms with Crippen molar-refractivity contribution in [3.05, 3.63) is 0 Å². The number of ketones is 1. The Bertz CT molecular complexity index is 178. The van der Waals surface area contributed by atoms with E-state index >= 15 is 0 Å². The van der Waals surface area contributed by atoms with Gasteiger partial charge in [-0.15, -0.1) is 0 Å². The van der Waals surface area contributed by atoms with Gasteiger partial charge in [-0.25, -0.2) is 0 Å². The summed E-state index contributed by atoms with van der Waals surface area (Å²) in [4.78, 5) is 13.8. The van der Waals surface area contributed by atoms with E-state index in [1.54, 1.807) is 0 Å². The summed E-state index contributed by atoms with van der Waals surface area (Å²) >= 11 is 0. The van der Waals surface area contributed by atoms with Gasteiger partial charge in [-0.3, -0.25) is 9.69 Å². The Labute approximate surface area is 80.1 Å². The van der Waals surface area contributed by atoms with Crippen molar-refractivity contribution in [3.8, 4) is 0 Å². The molecule has 1 rings (SSSR count). The monoisotopic (exact) mass is 185 g/mol. The van der Waals surface area contributed by atoms with Crippen molar-refractivity contribution in [1.82, 2.24) is 4.90 Å². The van der Waals surface area contributed by atoms with Crippen molar-refractivity contribution in [2.75, 3.05) is 32.8 Å². The second-order valence-corrected chi connectivity index (χ2v) is 4.56. The van der Waals surface area contributed by atoms with Crippen LogP contribution in [0.2, 0.25) is 0 Å². The molecule has 76 valence electrons. The van der Waals surface area contributed by atoms with Crippen LogP contribution in [-0.2, 0) is 9.53 Å². The number of carbonyl (C=O) groups is 1. The molecule has 0 unspecified atom stereocenters. The van der Waals surface area contributed by atoms with E-state index in [2.05, 4.69) is 4.90 Å². The van der Waals surface area contributed by atoms with Gasteiger partial charge in [0.1, 0.15) is 0 Å². The first-order valence-corrected chi connectivity index (χ1v) is 4.83. The molecule has 0 aromatic heterocycles. The SMILES string of the molecule is CC(C)(C)C(=O)CN1CCOCC1. The highest BCUT2D eigenvalue weighted by Gasteiger charge is 2.24. The Morgan fingerprint density at radius 1 is 1.31 bits per heavy atom. The van der Waals surface area contributed by atoms with Crippen molar-refractivity contribution in [2.45, 2.75) is 20.8 Å². The number of morpholine rings is 1. The van der Waals surface area contributed by atoms with E-state index in [-0.39, 0.29) is 5.41 Å². The highest BCUT2D eigenvalue weighted by molar-refractivity contribution is 5.85. The van der Waals surface area contributed by atoms with E-state index < -0.39 is 0 Å². The van der Waals surface area contributed by atoms with Crippen LogP contribution in [0.3, 0.4) is 0 Å². The maximum absolute atomic E-state index is 11.7. The molecule has 3 nitrogen and oxygen atoms in total. The maximum atomic E-state index is 11.7. The fraction of sp³-hybridized carbons (Fsp3) is 0.900. The summed E-state index contributed by atoms with van der Waals surface area (Å²) in [6.45, 7) is 9.78. The van der Waals surface area contributed by atoms with Crippen LogP contribution in [0.1, 0.15) is 20.8 Å². The van der Waals surface area contributed by atoms with E-state index in [9.17, 15) is 4.79 Å². The normalized spacial score (nSPS) is 20.2. The molecule has 0 bridgehead atoms. The van der Waals surface area contributed by atoms with E-state index in [4.69, 9.17) is 4.74 Å². The van der Waals surface area contributed by atoms with Crippen LogP contribution >= 0.6 is 0 Å². The first kappa shape index (κ1) is 10.7. The second kappa shape index (κ2) is 4.20. The molecule has 1 saturated heterocycles. The molecule has 0 saturated carbocycles. The fourth-order valence-electron chi connectivity index (χ4n) is 1.20. The number of rotatable bonds is 2. The maximum Gasteiger partial charge on any atom is 0.152 e. The van der Waals surface area contributed by atoms with Crippen LogP contribution in [0, 0.1) is 5.41 Å². The van der Waals surface area contributed by atoms with Crippen molar-refractivity contribution in [1.29, 1.82) is 0 Å². The summed E-state index contributed by atoms with van der Waals surface area (Å²) in [7, 11) is 0. The van der Waals surface area contributed by atoms with Crippen molar-refractivity contribution < 1.29 is 9.53 Å². The minimum Gasteiger partial charge on any atom is -0.379 e. The number of hydrogen-bond donors (Lipinski definition) is 0. The lowest BCUT2D eigenvalue weighted by Crippen LogP contribution is -2.42. The number of ether oxygens (including phenoxy) is 1. The lowest BCUT2D eigenvalue weighted by molar-refractivity contribution is -0.128. The third-order valence-corrected chi connectivity index (χ3v) is 2.31. The summed E-state index contributed by atoms with van der Waals surface area (Å²) in [5, 5.41) is 0. The molecule has 0 spiro atoms. The topological polar surface area (TPSA) is 29.5 Å². The minimum atomic E-state index is -0.210. The standard InChI is InChI=1S/C10H19NO2/c1-10(2,3)9(12)8-11-4-6-13-7-5-11/h4-8H2,1-3H3. The van der Waals surface area contributed by atoms with Crippen LogP contribution in [0.25, 0.3) is 0 Å². The predicted molar refractivity (Wildman–Crippen MR) is 51.7 cm³/mol. The molecule has 0 aliphatic carbocycles. The van der Waals surface area contributed by atoms with Gasteiger partial charge < -0.3 is 4.74 Å². The van der Waals surface area contributed by atoms with Gasteiger partial charge in [0.15, 0.2) is 5.78 Å². The fourth-order valence-corrected chi connectivity index (χ4v) is 1.20. The first-order valence-electron chi connectivity index (χ1n) is 4.83. The van der Waals surface area contributed by atoms with Crippen LogP contribution in [0.15, 0.2) is 0 Å². The Morgan fingerprint density at radius 3 is 2.31 bits per heavy atom. The Hall–Kier alpha value is -0.410. The Kier molecular flexibility index (Phi) is 3.45. The van der Waals surface area contributed by atoms with Gasteiger partial charge >= 0.3 is 0 Å². The molecular formula is C10H19NO2. The summed E-state index contributed by atoms with van der Waals surface area (Å²) in [5.74, 6) is 0.314. The van der Waals surface area contributed by atoms with Crippen LogP contribution < -0.4 is 0 Å². The second-order valence-electron chi connectivity index (χ2n) is 4.56. The van der Waals surface area contributed by atoms with Crippen LogP contribution in [-0.4, -0.2) is 43.5 Å². The van der Waals surface area contributed by atoms with Crippen molar-refractivity contribution in [2.24, 2.45) is 5.41 Å². The number of carbonyl (C=O) groups excluding carboxylic acids is 1. The van der Waals surface area contributed by atoms with Crippen LogP contribution in [0.5, 0.6) is 0 Å². The third-order valence-electron chi connectivity index (χ3n) is 2.31. The average Bonchev–Trinajstić information content (AvgIpc) is 2.04. The molecule has 1 fully saturated rings.